The van der Waals surface area contributed by atoms with Crippen molar-refractivity contribution in [2.24, 2.45) is 11.3 Å². The Kier molecular flexibility index (Phi) is 3.69. The Bertz CT molecular complexity index is 353. The summed E-state index contributed by atoms with van der Waals surface area (Å²) in [6.07, 6.45) is 7.58. The molecule has 3 unspecified atom stereocenters. The first kappa shape index (κ1) is 13.6. The summed E-state index contributed by atoms with van der Waals surface area (Å²) in [5, 5.41) is 0. The smallest absolute Gasteiger partial charge is 0.142 e. The van der Waals surface area contributed by atoms with Crippen molar-refractivity contribution in [2.75, 3.05) is 19.7 Å². The summed E-state index contributed by atoms with van der Waals surface area (Å²) in [7, 11) is 0. The van der Waals surface area contributed by atoms with E-state index in [4.69, 9.17) is 4.74 Å². The number of rotatable bonds is 2. The van der Waals surface area contributed by atoms with Crippen molar-refractivity contribution in [3.63, 3.8) is 0 Å². The van der Waals surface area contributed by atoms with Crippen molar-refractivity contribution in [1.82, 2.24) is 4.90 Å². The molecule has 3 nitrogen and oxygen atoms in total. The zero-order valence-corrected chi connectivity index (χ0v) is 12.4. The average molecular weight is 265 g/mol. The fourth-order valence-electron chi connectivity index (χ4n) is 4.29. The maximum atomic E-state index is 12.6. The van der Waals surface area contributed by atoms with Gasteiger partial charge >= 0.3 is 0 Å². The van der Waals surface area contributed by atoms with Gasteiger partial charge in [-0.1, -0.05) is 20.3 Å². The molecule has 0 aromatic carbocycles. The van der Waals surface area contributed by atoms with E-state index in [-0.39, 0.29) is 11.3 Å². The van der Waals surface area contributed by atoms with Crippen molar-refractivity contribution in [3.8, 4) is 0 Å². The van der Waals surface area contributed by atoms with Gasteiger partial charge in [0.05, 0.1) is 12.7 Å². The van der Waals surface area contributed by atoms with E-state index in [0.717, 1.165) is 32.5 Å². The first-order valence-electron chi connectivity index (χ1n) is 7.98. The van der Waals surface area contributed by atoms with E-state index in [1.165, 1.54) is 25.7 Å². The number of ketones is 1. The molecule has 0 amide bonds. The molecule has 0 radical (unpaired) electrons. The molecule has 2 aliphatic carbocycles. The van der Waals surface area contributed by atoms with Crippen molar-refractivity contribution in [2.45, 2.75) is 64.5 Å². The molecule has 1 aliphatic heterocycles. The van der Waals surface area contributed by atoms with E-state index in [2.05, 4.69) is 18.7 Å². The molecule has 2 saturated carbocycles. The van der Waals surface area contributed by atoms with Crippen LogP contribution < -0.4 is 0 Å². The topological polar surface area (TPSA) is 29.5 Å². The van der Waals surface area contributed by atoms with Crippen LogP contribution >= 0.6 is 0 Å². The lowest BCUT2D eigenvalue weighted by molar-refractivity contribution is -0.136. The van der Waals surface area contributed by atoms with Crippen LogP contribution in [-0.2, 0) is 9.53 Å². The Morgan fingerprint density at radius 2 is 2.11 bits per heavy atom. The number of nitrogens with zero attached hydrogens (tertiary/aromatic N) is 1. The third-order valence-electron chi connectivity index (χ3n) is 5.44. The predicted molar refractivity (Wildman–Crippen MR) is 75.1 cm³/mol. The van der Waals surface area contributed by atoms with E-state index < -0.39 is 0 Å². The Hall–Kier alpha value is -0.410. The zero-order valence-electron chi connectivity index (χ0n) is 12.4. The van der Waals surface area contributed by atoms with Crippen LogP contribution in [-0.4, -0.2) is 42.5 Å². The summed E-state index contributed by atoms with van der Waals surface area (Å²) in [4.78, 5) is 15.1. The number of fused-ring (bicyclic) bond motifs is 1. The molecule has 3 aliphatic rings. The van der Waals surface area contributed by atoms with E-state index in [9.17, 15) is 4.79 Å². The van der Waals surface area contributed by atoms with Crippen molar-refractivity contribution >= 4 is 5.78 Å². The second-order valence-corrected chi connectivity index (χ2v) is 7.24. The third-order valence-corrected chi connectivity index (χ3v) is 5.44. The first-order chi connectivity index (χ1) is 9.08. The number of Topliss-reactive ketones (excluding diaryl/α,β-unsaturated/α-hetero) is 1. The maximum absolute atomic E-state index is 12.6. The highest BCUT2D eigenvalue weighted by atomic mass is 16.5. The minimum absolute atomic E-state index is 0.0930. The summed E-state index contributed by atoms with van der Waals surface area (Å²) in [5.41, 5.74) is -0.0930. The highest BCUT2D eigenvalue weighted by Gasteiger charge is 2.41. The van der Waals surface area contributed by atoms with Gasteiger partial charge < -0.3 is 4.74 Å². The molecule has 1 saturated heterocycles. The molecule has 0 spiro atoms. The highest BCUT2D eigenvalue weighted by molar-refractivity contribution is 5.87. The normalized spacial score (nSPS) is 39.3. The van der Waals surface area contributed by atoms with Crippen LogP contribution in [0.4, 0.5) is 0 Å². The highest BCUT2D eigenvalue weighted by Crippen LogP contribution is 2.37. The summed E-state index contributed by atoms with van der Waals surface area (Å²) in [6, 6.07) is 0.589. The molecule has 0 N–H and O–H groups in total. The van der Waals surface area contributed by atoms with Gasteiger partial charge in [-0.3, -0.25) is 9.69 Å². The van der Waals surface area contributed by atoms with Crippen LogP contribution in [0.5, 0.6) is 0 Å². The Labute approximate surface area is 116 Å². The van der Waals surface area contributed by atoms with Crippen molar-refractivity contribution < 1.29 is 9.53 Å². The number of hydrogen-bond acceptors (Lipinski definition) is 3. The lowest BCUT2D eigenvalue weighted by atomic mass is 9.71. The summed E-state index contributed by atoms with van der Waals surface area (Å²) in [5.74, 6) is 0.767. The summed E-state index contributed by atoms with van der Waals surface area (Å²) < 4.78 is 5.86. The van der Waals surface area contributed by atoms with E-state index in [1.807, 2.05) is 0 Å². The van der Waals surface area contributed by atoms with E-state index in [1.54, 1.807) is 0 Å². The number of carbonyl (C=O) groups excluding carboxylic acids is 1. The quantitative estimate of drug-likeness (QED) is 0.768. The Morgan fingerprint density at radius 3 is 2.95 bits per heavy atom. The number of ether oxygens (including phenoxy) is 1. The maximum Gasteiger partial charge on any atom is 0.142 e. The third kappa shape index (κ3) is 2.59. The molecule has 1 heterocycles. The molecule has 0 bridgehead atoms. The van der Waals surface area contributed by atoms with Gasteiger partial charge in [-0.25, -0.2) is 0 Å². The molecule has 3 atom stereocenters. The average Bonchev–Trinajstić information content (AvgIpc) is 2.84. The lowest BCUT2D eigenvalue weighted by Crippen LogP contribution is -2.52. The van der Waals surface area contributed by atoms with Crippen LogP contribution in [0.25, 0.3) is 0 Å². The van der Waals surface area contributed by atoms with Crippen molar-refractivity contribution in [3.05, 3.63) is 0 Å². The van der Waals surface area contributed by atoms with Gasteiger partial charge in [-0.2, -0.15) is 0 Å². The molecule has 3 rings (SSSR count). The van der Waals surface area contributed by atoms with Crippen LogP contribution in [0.1, 0.15) is 52.4 Å². The molecule has 3 heteroatoms. The van der Waals surface area contributed by atoms with Gasteiger partial charge in [-0.05, 0) is 32.1 Å². The molecule has 3 fully saturated rings. The number of hydrogen-bond donors (Lipinski definition) is 0. The molecule has 108 valence electrons. The minimum atomic E-state index is -0.0930. The van der Waals surface area contributed by atoms with Gasteiger partial charge in [0.15, 0.2) is 0 Å². The second-order valence-electron chi connectivity index (χ2n) is 7.24. The van der Waals surface area contributed by atoms with Gasteiger partial charge in [0.25, 0.3) is 0 Å². The fourth-order valence-corrected chi connectivity index (χ4v) is 4.29. The van der Waals surface area contributed by atoms with E-state index in [0.29, 0.717) is 17.9 Å². The molecular weight excluding hydrogens is 238 g/mol. The first-order valence-corrected chi connectivity index (χ1v) is 7.98. The number of carbonyl (C=O) groups is 1. The minimum Gasteiger partial charge on any atom is -0.375 e. The monoisotopic (exact) mass is 265 g/mol. The van der Waals surface area contributed by atoms with Crippen LogP contribution in [0.15, 0.2) is 0 Å². The zero-order chi connectivity index (χ0) is 13.5. The van der Waals surface area contributed by atoms with Crippen molar-refractivity contribution in [1.29, 1.82) is 0 Å². The fraction of sp³-hybridized carbons (Fsp3) is 0.938. The van der Waals surface area contributed by atoms with E-state index >= 15 is 0 Å². The summed E-state index contributed by atoms with van der Waals surface area (Å²) in [6.45, 7) is 7.10. The molecular formula is C16H27NO2. The van der Waals surface area contributed by atoms with Crippen LogP contribution in [0, 0.1) is 11.3 Å². The molecule has 19 heavy (non-hydrogen) atoms. The lowest BCUT2D eigenvalue weighted by Gasteiger charge is -2.42. The molecule has 0 aromatic rings. The largest absolute Gasteiger partial charge is 0.375 e. The standard InChI is InChI=1S/C16H27NO2/c1-16(2)8-4-5-12(15(16)18)11-17-9-10-19-14-7-3-6-13(14)17/h12-14H,3-11H2,1-2H3. The van der Waals surface area contributed by atoms with Crippen LogP contribution in [0.3, 0.4) is 0 Å². The van der Waals surface area contributed by atoms with Crippen LogP contribution in [0.2, 0.25) is 0 Å². The number of morpholine rings is 1. The van der Waals surface area contributed by atoms with Gasteiger partial charge in [0.2, 0.25) is 0 Å². The summed E-state index contributed by atoms with van der Waals surface area (Å²) >= 11 is 0. The Balaban J connectivity index is 1.65. The molecule has 0 aromatic heterocycles. The second kappa shape index (κ2) is 5.17. The van der Waals surface area contributed by atoms with Gasteiger partial charge in [-0.15, -0.1) is 0 Å². The van der Waals surface area contributed by atoms with Gasteiger partial charge in [0, 0.05) is 30.5 Å². The predicted octanol–water partition coefficient (Wildman–Crippen LogP) is 2.64. The van der Waals surface area contributed by atoms with Gasteiger partial charge in [0.1, 0.15) is 5.78 Å². The Morgan fingerprint density at radius 1 is 1.26 bits per heavy atom. The SMILES string of the molecule is CC1(C)CCCC(CN2CCOC3CCCC32)C1=O.